The highest BCUT2D eigenvalue weighted by Gasteiger charge is 2.02. The largest absolute Gasteiger partial charge is 0.382 e. The van der Waals surface area contributed by atoms with Gasteiger partial charge in [0.25, 0.3) is 0 Å². The lowest BCUT2D eigenvalue weighted by molar-refractivity contribution is 0.0695. The summed E-state index contributed by atoms with van der Waals surface area (Å²) in [6, 6.07) is 0. The third-order valence-electron chi connectivity index (χ3n) is 2.41. The average Bonchev–Trinajstić information content (AvgIpc) is 2.34. The molecule has 16 heavy (non-hydrogen) atoms. The molecule has 1 aliphatic heterocycles. The summed E-state index contributed by atoms with van der Waals surface area (Å²) in [6.07, 6.45) is 4.36. The molecule has 0 aromatic rings. The topological polar surface area (TPSA) is 39.7 Å². The summed E-state index contributed by atoms with van der Waals surface area (Å²) in [5.74, 6) is 0. The summed E-state index contributed by atoms with van der Waals surface area (Å²) in [5, 5.41) is 3.39. The van der Waals surface area contributed by atoms with Gasteiger partial charge in [-0.1, -0.05) is 6.08 Å². The van der Waals surface area contributed by atoms with Gasteiger partial charge in [-0.05, 0) is 25.0 Å². The number of hydrogen-bond donors (Lipinski definition) is 1. The Labute approximate surface area is 97.9 Å². The minimum atomic E-state index is 0.678. The molecule has 1 N–H and O–H groups in total. The van der Waals surface area contributed by atoms with E-state index in [-0.39, 0.29) is 0 Å². The van der Waals surface area contributed by atoms with Gasteiger partial charge < -0.3 is 19.5 Å². The molecule has 4 nitrogen and oxygen atoms in total. The van der Waals surface area contributed by atoms with Crippen LogP contribution in [0, 0.1) is 0 Å². The summed E-state index contributed by atoms with van der Waals surface area (Å²) < 4.78 is 15.6. The van der Waals surface area contributed by atoms with Crippen molar-refractivity contribution in [3.8, 4) is 0 Å². The first-order valence-corrected chi connectivity index (χ1v) is 5.96. The molecule has 0 saturated heterocycles. The van der Waals surface area contributed by atoms with Crippen molar-refractivity contribution < 1.29 is 14.2 Å². The van der Waals surface area contributed by atoms with Gasteiger partial charge in [0.2, 0.25) is 0 Å². The van der Waals surface area contributed by atoms with Crippen LogP contribution in [-0.2, 0) is 14.2 Å². The molecule has 0 aliphatic carbocycles. The van der Waals surface area contributed by atoms with Gasteiger partial charge in [0, 0.05) is 20.3 Å². The fraction of sp³-hybridized carbons (Fsp3) is 0.833. The Kier molecular flexibility index (Phi) is 8.34. The second-order valence-electron chi connectivity index (χ2n) is 3.84. The first kappa shape index (κ1) is 13.6. The van der Waals surface area contributed by atoms with Crippen molar-refractivity contribution in [2.75, 3.05) is 53.2 Å². The summed E-state index contributed by atoms with van der Waals surface area (Å²) in [5.41, 5.74) is 1.37. The maximum atomic E-state index is 5.36. The number of rotatable bonds is 9. The lowest BCUT2D eigenvalue weighted by atomic mass is 10.2. The highest BCUT2D eigenvalue weighted by Crippen LogP contribution is 2.03. The van der Waals surface area contributed by atoms with Crippen LogP contribution in [0.3, 0.4) is 0 Å². The van der Waals surface area contributed by atoms with E-state index in [1.165, 1.54) is 5.57 Å². The van der Waals surface area contributed by atoms with Gasteiger partial charge >= 0.3 is 0 Å². The van der Waals surface area contributed by atoms with E-state index in [2.05, 4.69) is 11.4 Å². The van der Waals surface area contributed by atoms with Crippen molar-refractivity contribution in [1.29, 1.82) is 0 Å². The molecule has 1 rings (SSSR count). The van der Waals surface area contributed by atoms with Gasteiger partial charge in [0.05, 0.1) is 26.4 Å². The van der Waals surface area contributed by atoms with Gasteiger partial charge in [-0.3, -0.25) is 0 Å². The van der Waals surface area contributed by atoms with Gasteiger partial charge in [-0.25, -0.2) is 0 Å². The van der Waals surface area contributed by atoms with Crippen molar-refractivity contribution >= 4 is 0 Å². The smallest absolute Gasteiger partial charge is 0.0700 e. The Morgan fingerprint density at radius 1 is 1.38 bits per heavy atom. The van der Waals surface area contributed by atoms with E-state index in [0.29, 0.717) is 13.2 Å². The SMILES string of the molecule is COCCOCCCNCC1=CCCOC1. The quantitative estimate of drug-likeness (QED) is 0.472. The number of methoxy groups -OCH3 is 1. The van der Waals surface area contributed by atoms with Gasteiger partial charge in [0.1, 0.15) is 0 Å². The van der Waals surface area contributed by atoms with Crippen LogP contribution in [0.2, 0.25) is 0 Å². The fourth-order valence-electron chi connectivity index (χ4n) is 1.52. The second kappa shape index (κ2) is 9.78. The Morgan fingerprint density at radius 3 is 3.06 bits per heavy atom. The summed E-state index contributed by atoms with van der Waals surface area (Å²) >= 11 is 0. The normalized spacial score (nSPS) is 16.2. The van der Waals surface area contributed by atoms with Crippen LogP contribution in [0.4, 0.5) is 0 Å². The van der Waals surface area contributed by atoms with Crippen LogP contribution in [0.25, 0.3) is 0 Å². The van der Waals surface area contributed by atoms with Crippen molar-refractivity contribution in [2.24, 2.45) is 0 Å². The first-order valence-electron chi connectivity index (χ1n) is 5.96. The maximum absolute atomic E-state index is 5.36. The summed E-state index contributed by atoms with van der Waals surface area (Å²) in [7, 11) is 1.69. The molecular formula is C12H23NO3. The third-order valence-corrected chi connectivity index (χ3v) is 2.41. The van der Waals surface area contributed by atoms with Crippen LogP contribution in [-0.4, -0.2) is 53.2 Å². The molecule has 4 heteroatoms. The van der Waals surface area contributed by atoms with Crippen LogP contribution in [0.1, 0.15) is 12.8 Å². The molecule has 1 aliphatic rings. The van der Waals surface area contributed by atoms with E-state index in [9.17, 15) is 0 Å². The highest BCUT2D eigenvalue weighted by atomic mass is 16.5. The molecule has 94 valence electrons. The molecule has 0 aromatic heterocycles. The zero-order valence-electron chi connectivity index (χ0n) is 10.2. The molecule has 0 bridgehead atoms. The van der Waals surface area contributed by atoms with Gasteiger partial charge in [-0.2, -0.15) is 0 Å². The monoisotopic (exact) mass is 229 g/mol. The van der Waals surface area contributed by atoms with Crippen LogP contribution in [0.5, 0.6) is 0 Å². The van der Waals surface area contributed by atoms with Gasteiger partial charge in [0.15, 0.2) is 0 Å². The molecule has 0 aromatic carbocycles. The van der Waals surface area contributed by atoms with Crippen LogP contribution >= 0.6 is 0 Å². The lowest BCUT2D eigenvalue weighted by Gasteiger charge is -2.14. The standard InChI is InChI=1S/C12H23NO3/c1-14-8-9-15-7-3-5-13-10-12-4-2-6-16-11-12/h4,13H,2-3,5-11H2,1H3. The minimum Gasteiger partial charge on any atom is -0.382 e. The molecule has 0 unspecified atom stereocenters. The zero-order chi connectivity index (χ0) is 11.5. The summed E-state index contributed by atoms with van der Waals surface area (Å²) in [4.78, 5) is 0. The Morgan fingerprint density at radius 2 is 2.31 bits per heavy atom. The van der Waals surface area contributed by atoms with Crippen molar-refractivity contribution in [1.82, 2.24) is 5.32 Å². The second-order valence-corrected chi connectivity index (χ2v) is 3.84. The lowest BCUT2D eigenvalue weighted by Crippen LogP contribution is -2.23. The molecular weight excluding hydrogens is 206 g/mol. The number of ether oxygens (including phenoxy) is 3. The third kappa shape index (κ3) is 6.95. The van der Waals surface area contributed by atoms with Crippen molar-refractivity contribution in [2.45, 2.75) is 12.8 Å². The van der Waals surface area contributed by atoms with E-state index < -0.39 is 0 Å². The zero-order valence-corrected chi connectivity index (χ0v) is 10.2. The van der Waals surface area contributed by atoms with Gasteiger partial charge in [-0.15, -0.1) is 0 Å². The molecule has 0 amide bonds. The van der Waals surface area contributed by atoms with E-state index >= 15 is 0 Å². The van der Waals surface area contributed by atoms with Crippen LogP contribution in [0.15, 0.2) is 11.6 Å². The summed E-state index contributed by atoms with van der Waals surface area (Å²) in [6.45, 7) is 5.76. The molecule has 0 spiro atoms. The Balaban J connectivity index is 1.82. The predicted octanol–water partition coefficient (Wildman–Crippen LogP) is 0.976. The Hall–Kier alpha value is -0.420. The van der Waals surface area contributed by atoms with E-state index in [1.807, 2.05) is 0 Å². The molecule has 0 radical (unpaired) electrons. The maximum Gasteiger partial charge on any atom is 0.0700 e. The number of hydrogen-bond acceptors (Lipinski definition) is 4. The first-order chi connectivity index (χ1) is 7.93. The van der Waals surface area contributed by atoms with Crippen LogP contribution < -0.4 is 5.32 Å². The van der Waals surface area contributed by atoms with E-state index in [4.69, 9.17) is 14.2 Å². The molecule has 1 heterocycles. The van der Waals surface area contributed by atoms with Crippen molar-refractivity contribution in [3.63, 3.8) is 0 Å². The fourth-order valence-corrected chi connectivity index (χ4v) is 1.52. The molecule has 0 saturated carbocycles. The van der Waals surface area contributed by atoms with E-state index in [1.54, 1.807) is 7.11 Å². The average molecular weight is 229 g/mol. The van der Waals surface area contributed by atoms with E-state index in [0.717, 1.165) is 45.8 Å². The predicted molar refractivity (Wildman–Crippen MR) is 63.7 cm³/mol. The Bertz CT molecular complexity index is 195. The molecule has 0 atom stereocenters. The minimum absolute atomic E-state index is 0.678. The highest BCUT2D eigenvalue weighted by molar-refractivity contribution is 5.06. The van der Waals surface area contributed by atoms with Crippen molar-refractivity contribution in [3.05, 3.63) is 11.6 Å². The molecule has 0 fully saturated rings. The number of nitrogens with one attached hydrogen (secondary N) is 1.